The van der Waals surface area contributed by atoms with Crippen molar-refractivity contribution in [2.75, 3.05) is 7.11 Å². The molecule has 2 aliphatic rings. The third-order valence-electron chi connectivity index (χ3n) is 5.88. The van der Waals surface area contributed by atoms with Crippen LogP contribution >= 0.6 is 0 Å². The summed E-state index contributed by atoms with van der Waals surface area (Å²) in [4.78, 5) is 15.1. The zero-order valence-corrected chi connectivity index (χ0v) is 15.0. The molecule has 2 aliphatic heterocycles. The smallest absolute Gasteiger partial charge is 0.227 e. The number of fused-ring (bicyclic) bond motifs is 2. The lowest BCUT2D eigenvalue weighted by Gasteiger charge is -2.39. The van der Waals surface area contributed by atoms with Crippen molar-refractivity contribution in [2.45, 2.75) is 50.1 Å². The van der Waals surface area contributed by atoms with Crippen molar-refractivity contribution in [3.8, 4) is 5.75 Å². The van der Waals surface area contributed by atoms with E-state index >= 15 is 0 Å². The van der Waals surface area contributed by atoms with Gasteiger partial charge < -0.3 is 9.64 Å². The Bertz CT molecular complexity index is 778. The minimum atomic E-state index is -0.334. The molecule has 0 aromatic heterocycles. The van der Waals surface area contributed by atoms with Crippen LogP contribution in [0.15, 0.2) is 48.5 Å². The lowest BCUT2D eigenvalue weighted by molar-refractivity contribution is -0.135. The first kappa shape index (κ1) is 17.1. The second-order valence-electron chi connectivity index (χ2n) is 7.40. The van der Waals surface area contributed by atoms with Gasteiger partial charge in [-0.25, -0.2) is 4.39 Å². The van der Waals surface area contributed by atoms with Crippen molar-refractivity contribution in [3.05, 3.63) is 65.5 Å². The summed E-state index contributed by atoms with van der Waals surface area (Å²) >= 11 is 0. The number of ether oxygens (including phenoxy) is 1. The Morgan fingerprint density at radius 1 is 1.12 bits per heavy atom. The average Bonchev–Trinajstić information content (AvgIpc) is 2.92. The number of hydrogen-bond acceptors (Lipinski definition) is 2. The monoisotopic (exact) mass is 353 g/mol. The SMILES string of the molecule is COc1ccc(F)cc1CC(=O)N1[C@@H]2CC[C@H]1CC(c1ccccc1)C2. The molecule has 3 nitrogen and oxygen atoms in total. The van der Waals surface area contributed by atoms with Gasteiger partial charge in [0, 0.05) is 17.6 Å². The molecule has 0 aliphatic carbocycles. The fraction of sp³-hybridized carbons (Fsp3) is 0.409. The van der Waals surface area contributed by atoms with E-state index < -0.39 is 0 Å². The lowest BCUT2D eigenvalue weighted by atomic mass is 9.85. The van der Waals surface area contributed by atoms with Crippen molar-refractivity contribution < 1.29 is 13.9 Å². The normalized spacial score (nSPS) is 24.5. The van der Waals surface area contributed by atoms with Gasteiger partial charge in [-0.05, 0) is 55.4 Å². The van der Waals surface area contributed by atoms with Crippen LogP contribution in [0.4, 0.5) is 4.39 Å². The van der Waals surface area contributed by atoms with Crippen molar-refractivity contribution in [1.82, 2.24) is 4.90 Å². The van der Waals surface area contributed by atoms with E-state index in [2.05, 4.69) is 29.2 Å². The van der Waals surface area contributed by atoms with Gasteiger partial charge in [-0.2, -0.15) is 0 Å². The molecule has 1 amide bonds. The molecule has 2 aromatic rings. The second kappa shape index (κ2) is 7.10. The fourth-order valence-electron chi connectivity index (χ4n) is 4.72. The molecule has 0 N–H and O–H groups in total. The molecule has 3 atom stereocenters. The van der Waals surface area contributed by atoms with E-state index in [1.807, 2.05) is 6.07 Å². The number of nitrogens with zero attached hydrogens (tertiary/aromatic N) is 1. The van der Waals surface area contributed by atoms with E-state index in [0.717, 1.165) is 25.7 Å². The number of methoxy groups -OCH3 is 1. The standard InChI is InChI=1S/C22H24FNO2/c1-26-21-10-7-18(23)11-17(21)14-22(25)24-19-8-9-20(24)13-16(12-19)15-5-3-2-4-6-15/h2-7,10-11,16,19-20H,8-9,12-14H2,1H3/t16?,19-,20+. The number of rotatable bonds is 4. The maximum absolute atomic E-state index is 13.6. The molecule has 0 spiro atoms. The maximum atomic E-state index is 13.6. The van der Waals surface area contributed by atoms with E-state index in [0.29, 0.717) is 29.3 Å². The van der Waals surface area contributed by atoms with Crippen LogP contribution in [0.2, 0.25) is 0 Å². The molecule has 1 unspecified atom stereocenters. The summed E-state index contributed by atoms with van der Waals surface area (Å²) in [6.45, 7) is 0. The summed E-state index contributed by atoms with van der Waals surface area (Å²) in [5.41, 5.74) is 2.00. The first-order valence-electron chi connectivity index (χ1n) is 9.34. The van der Waals surface area contributed by atoms with E-state index in [1.54, 1.807) is 13.2 Å². The molecule has 2 aromatic carbocycles. The Hall–Kier alpha value is -2.36. The molecule has 2 fully saturated rings. The zero-order valence-electron chi connectivity index (χ0n) is 15.0. The minimum Gasteiger partial charge on any atom is -0.496 e. The lowest BCUT2D eigenvalue weighted by Crippen LogP contribution is -2.46. The van der Waals surface area contributed by atoms with Crippen LogP contribution in [-0.4, -0.2) is 30.0 Å². The van der Waals surface area contributed by atoms with Crippen LogP contribution < -0.4 is 4.74 Å². The Kier molecular flexibility index (Phi) is 4.66. The number of carbonyl (C=O) groups excluding carboxylic acids is 1. The van der Waals surface area contributed by atoms with Gasteiger partial charge in [0.1, 0.15) is 11.6 Å². The van der Waals surface area contributed by atoms with Crippen LogP contribution in [-0.2, 0) is 11.2 Å². The Balaban J connectivity index is 1.49. The minimum absolute atomic E-state index is 0.0907. The number of piperidine rings is 1. The summed E-state index contributed by atoms with van der Waals surface area (Å²) in [5, 5.41) is 0. The summed E-state index contributed by atoms with van der Waals surface area (Å²) in [6, 6.07) is 15.6. The van der Waals surface area contributed by atoms with Gasteiger partial charge in [-0.1, -0.05) is 30.3 Å². The van der Waals surface area contributed by atoms with Crippen LogP contribution in [0.25, 0.3) is 0 Å². The van der Waals surface area contributed by atoms with E-state index in [-0.39, 0.29) is 18.1 Å². The van der Waals surface area contributed by atoms with Crippen LogP contribution in [0.1, 0.15) is 42.7 Å². The molecule has 0 saturated carbocycles. The molecule has 2 saturated heterocycles. The Labute approximate surface area is 153 Å². The largest absolute Gasteiger partial charge is 0.496 e. The van der Waals surface area contributed by atoms with Gasteiger partial charge in [0.25, 0.3) is 0 Å². The van der Waals surface area contributed by atoms with Gasteiger partial charge in [-0.15, -0.1) is 0 Å². The molecule has 2 bridgehead atoms. The van der Waals surface area contributed by atoms with E-state index in [4.69, 9.17) is 4.74 Å². The highest BCUT2D eigenvalue weighted by Crippen LogP contribution is 2.43. The van der Waals surface area contributed by atoms with Gasteiger partial charge in [0.2, 0.25) is 5.91 Å². The first-order valence-corrected chi connectivity index (χ1v) is 9.34. The highest BCUT2D eigenvalue weighted by molar-refractivity contribution is 5.80. The highest BCUT2D eigenvalue weighted by Gasteiger charge is 2.43. The molecule has 26 heavy (non-hydrogen) atoms. The van der Waals surface area contributed by atoms with Crippen molar-refractivity contribution in [3.63, 3.8) is 0 Å². The number of halogens is 1. The average molecular weight is 353 g/mol. The first-order chi connectivity index (χ1) is 12.7. The predicted molar refractivity (Wildman–Crippen MR) is 98.7 cm³/mol. The summed E-state index contributed by atoms with van der Waals surface area (Å²) in [5.74, 6) is 0.861. The van der Waals surface area contributed by atoms with Crippen LogP contribution in [0, 0.1) is 5.82 Å². The van der Waals surface area contributed by atoms with Gasteiger partial charge >= 0.3 is 0 Å². The van der Waals surface area contributed by atoms with Gasteiger partial charge in [-0.3, -0.25) is 4.79 Å². The van der Waals surface area contributed by atoms with Crippen molar-refractivity contribution >= 4 is 5.91 Å². The molecular formula is C22H24FNO2. The molecule has 4 heteroatoms. The Morgan fingerprint density at radius 3 is 2.46 bits per heavy atom. The number of benzene rings is 2. The van der Waals surface area contributed by atoms with Crippen LogP contribution in [0.3, 0.4) is 0 Å². The second-order valence-corrected chi connectivity index (χ2v) is 7.40. The van der Waals surface area contributed by atoms with Crippen LogP contribution in [0.5, 0.6) is 5.75 Å². The summed E-state index contributed by atoms with van der Waals surface area (Å²) in [7, 11) is 1.55. The predicted octanol–water partition coefficient (Wildman–Crippen LogP) is 4.31. The topological polar surface area (TPSA) is 29.5 Å². The molecule has 136 valence electrons. The third-order valence-corrected chi connectivity index (χ3v) is 5.88. The third kappa shape index (κ3) is 3.20. The molecule has 2 heterocycles. The molecule has 0 radical (unpaired) electrons. The highest BCUT2D eigenvalue weighted by atomic mass is 19.1. The van der Waals surface area contributed by atoms with Crippen molar-refractivity contribution in [2.24, 2.45) is 0 Å². The summed E-state index contributed by atoms with van der Waals surface area (Å²) in [6.07, 6.45) is 4.38. The van der Waals surface area contributed by atoms with Gasteiger partial charge in [0.05, 0.1) is 13.5 Å². The number of amides is 1. The van der Waals surface area contributed by atoms with Gasteiger partial charge in [0.15, 0.2) is 0 Å². The van der Waals surface area contributed by atoms with E-state index in [9.17, 15) is 9.18 Å². The maximum Gasteiger partial charge on any atom is 0.227 e. The molecular weight excluding hydrogens is 329 g/mol. The number of carbonyl (C=O) groups is 1. The van der Waals surface area contributed by atoms with E-state index in [1.165, 1.54) is 17.7 Å². The van der Waals surface area contributed by atoms with Crippen molar-refractivity contribution in [1.29, 1.82) is 0 Å². The quantitative estimate of drug-likeness (QED) is 0.819. The molecule has 4 rings (SSSR count). The number of hydrogen-bond donors (Lipinski definition) is 0. The summed E-state index contributed by atoms with van der Waals surface area (Å²) < 4.78 is 18.9. The fourth-order valence-corrected chi connectivity index (χ4v) is 4.72. The zero-order chi connectivity index (χ0) is 18.1. The Morgan fingerprint density at radius 2 is 1.81 bits per heavy atom.